The van der Waals surface area contributed by atoms with Crippen molar-refractivity contribution in [3.05, 3.63) is 57.9 Å². The predicted octanol–water partition coefficient (Wildman–Crippen LogP) is 5.20. The maximum absolute atomic E-state index is 13.1. The van der Waals surface area contributed by atoms with Gasteiger partial charge in [-0.2, -0.15) is 0 Å². The third kappa shape index (κ3) is 4.33. The van der Waals surface area contributed by atoms with E-state index in [2.05, 4.69) is 4.57 Å². The van der Waals surface area contributed by atoms with E-state index in [9.17, 15) is 9.59 Å². The van der Waals surface area contributed by atoms with E-state index >= 15 is 0 Å². The monoisotopic (exact) mass is 431 g/mol. The first-order chi connectivity index (χ1) is 14.3. The first kappa shape index (κ1) is 22.6. The number of benzene rings is 1. The minimum Gasteiger partial charge on any atom is -0.457 e. The normalized spacial score (nSPS) is 16.4. The van der Waals surface area contributed by atoms with Crippen LogP contribution in [0.5, 0.6) is 0 Å². The zero-order valence-electron chi connectivity index (χ0n) is 18.2. The van der Waals surface area contributed by atoms with Crippen LogP contribution in [0.2, 0.25) is 5.02 Å². The summed E-state index contributed by atoms with van der Waals surface area (Å²) in [6.45, 7) is 6.24. The van der Waals surface area contributed by atoms with Crippen LogP contribution >= 0.6 is 11.6 Å². The molecule has 1 aromatic heterocycles. The minimum absolute atomic E-state index is 0.116. The Balaban J connectivity index is 1.74. The lowest BCUT2D eigenvalue weighted by Crippen LogP contribution is -2.35. The van der Waals surface area contributed by atoms with Crippen LogP contribution in [0.4, 0.5) is 0 Å². The minimum atomic E-state index is -0.686. The molecular formula is C24H30ClNO4. The third-order valence-corrected chi connectivity index (χ3v) is 6.46. The first-order valence-electron chi connectivity index (χ1n) is 10.4. The van der Waals surface area contributed by atoms with Crippen LogP contribution in [-0.4, -0.2) is 36.6 Å². The number of carbonyl (C=O) groups excluding carboxylic acids is 2. The van der Waals surface area contributed by atoms with Crippen LogP contribution in [0.1, 0.15) is 66.0 Å². The van der Waals surface area contributed by atoms with Crippen molar-refractivity contribution in [3.63, 3.8) is 0 Å². The second kappa shape index (κ2) is 9.36. The molecule has 162 valence electrons. The molecule has 1 fully saturated rings. The maximum Gasteiger partial charge on any atom is 0.317 e. The van der Waals surface area contributed by atoms with Crippen molar-refractivity contribution >= 4 is 23.4 Å². The average molecular weight is 432 g/mol. The van der Waals surface area contributed by atoms with Crippen molar-refractivity contribution in [1.82, 2.24) is 4.57 Å². The summed E-state index contributed by atoms with van der Waals surface area (Å²) in [7, 11) is 1.66. The molecule has 1 aliphatic rings. The molecule has 1 aromatic carbocycles. The lowest BCUT2D eigenvalue weighted by molar-refractivity contribution is -0.149. The Morgan fingerprint density at radius 1 is 1.17 bits per heavy atom. The third-order valence-electron chi connectivity index (χ3n) is 6.21. The van der Waals surface area contributed by atoms with Crippen molar-refractivity contribution < 1.29 is 19.1 Å². The molecule has 2 aromatic rings. The number of hydrogen-bond donors (Lipinski definition) is 0. The van der Waals surface area contributed by atoms with E-state index in [-0.39, 0.29) is 24.4 Å². The lowest BCUT2D eigenvalue weighted by atomic mass is 9.79. The van der Waals surface area contributed by atoms with Gasteiger partial charge < -0.3 is 14.0 Å². The Morgan fingerprint density at radius 3 is 2.40 bits per heavy atom. The van der Waals surface area contributed by atoms with E-state index < -0.39 is 5.41 Å². The molecule has 0 unspecified atom stereocenters. The van der Waals surface area contributed by atoms with Gasteiger partial charge in [0.15, 0.2) is 6.61 Å². The molecule has 5 nitrogen and oxygen atoms in total. The molecule has 1 atom stereocenters. The summed E-state index contributed by atoms with van der Waals surface area (Å²) in [6, 6.07) is 9.35. The summed E-state index contributed by atoms with van der Waals surface area (Å²) in [4.78, 5) is 26.0. The highest BCUT2D eigenvalue weighted by atomic mass is 35.5. The first-order valence-corrected chi connectivity index (χ1v) is 10.8. The molecule has 3 rings (SSSR count). The van der Waals surface area contributed by atoms with E-state index in [0.29, 0.717) is 17.2 Å². The number of rotatable bonds is 8. The van der Waals surface area contributed by atoms with E-state index in [1.54, 1.807) is 19.2 Å². The number of Topliss-reactive ketones (excluding diaryl/α,β-unsaturated/α-hetero) is 1. The summed E-state index contributed by atoms with van der Waals surface area (Å²) in [6.07, 6.45) is 3.38. The van der Waals surface area contributed by atoms with E-state index in [1.165, 1.54) is 0 Å². The number of carbonyl (C=O) groups is 2. The van der Waals surface area contributed by atoms with Crippen molar-refractivity contribution in [3.8, 4) is 0 Å². The van der Waals surface area contributed by atoms with Crippen LogP contribution in [0.15, 0.2) is 30.3 Å². The summed E-state index contributed by atoms with van der Waals surface area (Å²) in [5.41, 5.74) is 2.67. The fourth-order valence-electron chi connectivity index (χ4n) is 4.76. The van der Waals surface area contributed by atoms with Crippen molar-refractivity contribution in [2.45, 2.75) is 57.9 Å². The predicted molar refractivity (Wildman–Crippen MR) is 117 cm³/mol. The highest BCUT2D eigenvalue weighted by molar-refractivity contribution is 6.30. The van der Waals surface area contributed by atoms with E-state index in [0.717, 1.165) is 42.6 Å². The highest BCUT2D eigenvalue weighted by Gasteiger charge is 2.44. The number of halogens is 1. The van der Waals surface area contributed by atoms with Gasteiger partial charge in [0, 0.05) is 29.1 Å². The molecule has 0 bridgehead atoms. The number of aromatic nitrogens is 1. The van der Waals surface area contributed by atoms with Gasteiger partial charge in [-0.1, -0.05) is 36.6 Å². The van der Waals surface area contributed by atoms with Gasteiger partial charge in [-0.25, -0.2) is 0 Å². The summed E-state index contributed by atoms with van der Waals surface area (Å²) >= 11 is 6.01. The number of methoxy groups -OCH3 is 1. The summed E-state index contributed by atoms with van der Waals surface area (Å²) < 4.78 is 12.9. The number of esters is 1. The molecule has 0 radical (unpaired) electrons. The van der Waals surface area contributed by atoms with Crippen LogP contribution in [0.25, 0.3) is 0 Å². The standard InChI is InChI=1S/C24H30ClNO4/c1-16-13-21(18(3)26(16)17(2)14-29-4)22(27)15-30-23(28)24(11-5-6-12-24)19-7-9-20(25)10-8-19/h7-10,13,17H,5-6,11-12,14-15H2,1-4H3/t17-/m1/s1. The molecule has 1 saturated carbocycles. The average Bonchev–Trinajstić information content (AvgIpc) is 3.32. The molecule has 6 heteroatoms. The van der Waals surface area contributed by atoms with Gasteiger partial charge in [0.1, 0.15) is 0 Å². The van der Waals surface area contributed by atoms with E-state index in [1.807, 2.05) is 39.0 Å². The molecule has 0 aliphatic heterocycles. The highest BCUT2D eigenvalue weighted by Crippen LogP contribution is 2.42. The van der Waals surface area contributed by atoms with Crippen LogP contribution in [0.3, 0.4) is 0 Å². The number of nitrogens with zero attached hydrogens (tertiary/aromatic N) is 1. The Labute approximate surface area is 183 Å². The number of ketones is 1. The molecule has 0 N–H and O–H groups in total. The second-order valence-corrected chi connectivity index (χ2v) is 8.69. The topological polar surface area (TPSA) is 57.5 Å². The molecule has 1 heterocycles. The summed E-state index contributed by atoms with van der Waals surface area (Å²) in [5, 5.41) is 0.633. The zero-order chi connectivity index (χ0) is 21.9. The molecule has 0 spiro atoms. The van der Waals surface area contributed by atoms with Gasteiger partial charge in [0.2, 0.25) is 5.78 Å². The Bertz CT molecular complexity index is 910. The molecule has 0 amide bonds. The van der Waals surface area contributed by atoms with Crippen LogP contribution in [-0.2, 0) is 19.7 Å². The molecule has 1 aliphatic carbocycles. The molecular weight excluding hydrogens is 402 g/mol. The number of hydrogen-bond acceptors (Lipinski definition) is 4. The van der Waals surface area contributed by atoms with Gasteiger partial charge in [-0.05, 0) is 57.4 Å². The van der Waals surface area contributed by atoms with E-state index in [4.69, 9.17) is 21.1 Å². The van der Waals surface area contributed by atoms with Gasteiger partial charge in [-0.15, -0.1) is 0 Å². The number of aryl methyl sites for hydroxylation is 1. The fourth-order valence-corrected chi connectivity index (χ4v) is 4.88. The Morgan fingerprint density at radius 2 is 1.80 bits per heavy atom. The zero-order valence-corrected chi connectivity index (χ0v) is 18.9. The van der Waals surface area contributed by atoms with Gasteiger partial charge >= 0.3 is 5.97 Å². The van der Waals surface area contributed by atoms with Gasteiger partial charge in [-0.3, -0.25) is 9.59 Å². The fraction of sp³-hybridized carbons (Fsp3) is 0.500. The van der Waals surface area contributed by atoms with Crippen molar-refractivity contribution in [1.29, 1.82) is 0 Å². The Hall–Kier alpha value is -2.11. The van der Waals surface area contributed by atoms with Gasteiger partial charge in [0.05, 0.1) is 18.1 Å². The molecule has 30 heavy (non-hydrogen) atoms. The van der Waals surface area contributed by atoms with Crippen LogP contribution < -0.4 is 0 Å². The largest absolute Gasteiger partial charge is 0.457 e. The lowest BCUT2D eigenvalue weighted by Gasteiger charge is -2.27. The maximum atomic E-state index is 13.1. The molecule has 0 saturated heterocycles. The van der Waals surface area contributed by atoms with Crippen molar-refractivity contribution in [2.75, 3.05) is 20.3 Å². The SMILES string of the molecule is COC[C@@H](C)n1c(C)cc(C(=O)COC(=O)C2(c3ccc(Cl)cc3)CCCC2)c1C. The number of ether oxygens (including phenoxy) is 2. The van der Waals surface area contributed by atoms with Gasteiger partial charge in [0.25, 0.3) is 0 Å². The quantitative estimate of drug-likeness (QED) is 0.425. The second-order valence-electron chi connectivity index (χ2n) is 8.25. The van der Waals surface area contributed by atoms with Crippen molar-refractivity contribution in [2.24, 2.45) is 0 Å². The smallest absolute Gasteiger partial charge is 0.317 e. The van der Waals surface area contributed by atoms with Crippen LogP contribution in [0, 0.1) is 13.8 Å². The Kier molecular flexibility index (Phi) is 7.04. The summed E-state index contributed by atoms with van der Waals surface area (Å²) in [5.74, 6) is -0.506.